The Labute approximate surface area is 128 Å². The minimum Gasteiger partial charge on any atom is -0.310 e. The molecule has 108 valence electrons. The molecule has 1 N–H and O–H groups in total. The highest BCUT2D eigenvalue weighted by Gasteiger charge is 2.09. The lowest BCUT2D eigenvalue weighted by atomic mass is 10.0. The summed E-state index contributed by atoms with van der Waals surface area (Å²) in [7, 11) is 0. The molecule has 0 fully saturated rings. The van der Waals surface area contributed by atoms with Crippen LogP contribution in [-0.4, -0.2) is 20.9 Å². The van der Waals surface area contributed by atoms with E-state index >= 15 is 0 Å². The predicted octanol–water partition coefficient (Wildman–Crippen LogP) is 3.72. The lowest BCUT2D eigenvalue weighted by molar-refractivity contribution is 0.598. The fourth-order valence-electron chi connectivity index (χ4n) is 2.42. The van der Waals surface area contributed by atoms with Crippen LogP contribution in [0.15, 0.2) is 42.9 Å². The second kappa shape index (κ2) is 5.84. The smallest absolute Gasteiger partial charge is 0.174 e. The van der Waals surface area contributed by atoms with Crippen LogP contribution >= 0.6 is 11.6 Å². The van der Waals surface area contributed by atoms with Gasteiger partial charge < -0.3 is 9.72 Å². The molecule has 3 rings (SSSR count). The molecule has 0 spiro atoms. The van der Waals surface area contributed by atoms with Crippen molar-refractivity contribution in [3.63, 3.8) is 0 Å². The molecular formula is C16H17ClN4. The van der Waals surface area contributed by atoms with Crippen molar-refractivity contribution in [1.82, 2.24) is 19.7 Å². The number of aromatic nitrogens is 3. The van der Waals surface area contributed by atoms with Gasteiger partial charge in [0.1, 0.15) is 0 Å². The van der Waals surface area contributed by atoms with Crippen molar-refractivity contribution < 1.29 is 0 Å². The van der Waals surface area contributed by atoms with Gasteiger partial charge in [0.15, 0.2) is 10.8 Å². The van der Waals surface area contributed by atoms with Crippen LogP contribution < -0.4 is 5.32 Å². The molecule has 0 saturated heterocycles. The van der Waals surface area contributed by atoms with E-state index < -0.39 is 0 Å². The summed E-state index contributed by atoms with van der Waals surface area (Å²) in [5, 5.41) is 3.83. The highest BCUT2D eigenvalue weighted by Crippen LogP contribution is 2.24. The van der Waals surface area contributed by atoms with Crippen LogP contribution in [0.3, 0.4) is 0 Å². The van der Waals surface area contributed by atoms with Crippen molar-refractivity contribution in [1.29, 1.82) is 0 Å². The molecule has 0 radical (unpaired) electrons. The van der Waals surface area contributed by atoms with E-state index in [1.54, 1.807) is 6.20 Å². The molecule has 21 heavy (non-hydrogen) atoms. The third-order valence-electron chi connectivity index (χ3n) is 3.53. The maximum atomic E-state index is 6.20. The topological polar surface area (TPSA) is 42.2 Å². The summed E-state index contributed by atoms with van der Waals surface area (Å²) >= 11 is 6.20. The van der Waals surface area contributed by atoms with Crippen LogP contribution in [0.2, 0.25) is 5.15 Å². The van der Waals surface area contributed by atoms with E-state index in [0.717, 1.165) is 17.8 Å². The summed E-state index contributed by atoms with van der Waals surface area (Å²) < 4.78 is 1.89. The normalized spacial score (nSPS) is 12.7. The van der Waals surface area contributed by atoms with Crippen molar-refractivity contribution in [3.8, 4) is 11.3 Å². The van der Waals surface area contributed by atoms with Gasteiger partial charge in [-0.05, 0) is 25.1 Å². The van der Waals surface area contributed by atoms with Gasteiger partial charge >= 0.3 is 0 Å². The Morgan fingerprint density at radius 1 is 1.38 bits per heavy atom. The number of fused-ring (bicyclic) bond motifs is 1. The summed E-state index contributed by atoms with van der Waals surface area (Å²) in [4.78, 5) is 8.63. The van der Waals surface area contributed by atoms with Crippen LogP contribution in [-0.2, 0) is 0 Å². The van der Waals surface area contributed by atoms with E-state index in [1.165, 1.54) is 5.56 Å². The first-order valence-corrected chi connectivity index (χ1v) is 7.39. The van der Waals surface area contributed by atoms with Crippen molar-refractivity contribution in [2.75, 3.05) is 6.54 Å². The Bertz CT molecular complexity index is 766. The summed E-state index contributed by atoms with van der Waals surface area (Å²) in [5.41, 5.74) is 3.81. The molecule has 0 aliphatic heterocycles. The Hall–Kier alpha value is -1.91. The van der Waals surface area contributed by atoms with E-state index in [4.69, 9.17) is 11.6 Å². The quantitative estimate of drug-likeness (QED) is 0.798. The minimum atomic E-state index is 0.308. The molecule has 2 aromatic heterocycles. The van der Waals surface area contributed by atoms with Crippen LogP contribution in [0.25, 0.3) is 16.9 Å². The third-order valence-corrected chi connectivity index (χ3v) is 3.78. The molecule has 0 aliphatic rings. The SMILES string of the molecule is CCNC(C)c1cccc(-c2cn3ccnc3c(Cl)n2)c1. The summed E-state index contributed by atoms with van der Waals surface area (Å²) in [6.07, 6.45) is 5.54. The number of halogens is 1. The monoisotopic (exact) mass is 300 g/mol. The number of hydrogen-bond donors (Lipinski definition) is 1. The van der Waals surface area contributed by atoms with E-state index in [-0.39, 0.29) is 0 Å². The van der Waals surface area contributed by atoms with Gasteiger partial charge in [-0.2, -0.15) is 0 Å². The lowest BCUT2D eigenvalue weighted by Crippen LogP contribution is -2.17. The molecule has 2 heterocycles. The van der Waals surface area contributed by atoms with Gasteiger partial charge in [0.05, 0.1) is 5.69 Å². The molecule has 0 aliphatic carbocycles. The number of benzene rings is 1. The molecular weight excluding hydrogens is 284 g/mol. The molecule has 5 heteroatoms. The fourth-order valence-corrected chi connectivity index (χ4v) is 2.66. The Kier molecular flexibility index (Phi) is 3.90. The molecule has 1 unspecified atom stereocenters. The van der Waals surface area contributed by atoms with Crippen LogP contribution in [0.1, 0.15) is 25.5 Å². The molecule has 0 saturated carbocycles. The first-order valence-electron chi connectivity index (χ1n) is 7.02. The number of hydrogen-bond acceptors (Lipinski definition) is 3. The minimum absolute atomic E-state index is 0.308. The van der Waals surface area contributed by atoms with Crippen molar-refractivity contribution in [2.45, 2.75) is 19.9 Å². The molecule has 1 atom stereocenters. The van der Waals surface area contributed by atoms with Crippen molar-refractivity contribution in [3.05, 3.63) is 53.6 Å². The van der Waals surface area contributed by atoms with Gasteiger partial charge in [-0.3, -0.25) is 0 Å². The fraction of sp³-hybridized carbons (Fsp3) is 0.250. The highest BCUT2D eigenvalue weighted by atomic mass is 35.5. The zero-order chi connectivity index (χ0) is 14.8. The van der Waals surface area contributed by atoms with Gasteiger partial charge in [-0.15, -0.1) is 0 Å². The van der Waals surface area contributed by atoms with Crippen molar-refractivity contribution in [2.24, 2.45) is 0 Å². The Morgan fingerprint density at radius 3 is 3.05 bits per heavy atom. The third kappa shape index (κ3) is 2.77. The average molecular weight is 301 g/mol. The zero-order valence-corrected chi connectivity index (χ0v) is 12.8. The average Bonchev–Trinajstić information content (AvgIpc) is 2.96. The number of rotatable bonds is 4. The number of imidazole rings is 1. The van der Waals surface area contributed by atoms with Gasteiger partial charge in [-0.1, -0.05) is 36.7 Å². The summed E-state index contributed by atoms with van der Waals surface area (Å²) in [5.74, 6) is 0. The zero-order valence-electron chi connectivity index (χ0n) is 12.0. The predicted molar refractivity (Wildman–Crippen MR) is 85.5 cm³/mol. The summed E-state index contributed by atoms with van der Waals surface area (Å²) in [6, 6.07) is 8.67. The van der Waals surface area contributed by atoms with Gasteiger partial charge in [0.2, 0.25) is 0 Å². The number of nitrogens with one attached hydrogen (secondary N) is 1. The largest absolute Gasteiger partial charge is 0.310 e. The Morgan fingerprint density at radius 2 is 2.24 bits per heavy atom. The molecule has 3 aromatic rings. The second-order valence-electron chi connectivity index (χ2n) is 4.98. The van der Waals surface area contributed by atoms with Crippen molar-refractivity contribution >= 4 is 17.2 Å². The van der Waals surface area contributed by atoms with Crippen LogP contribution in [0.4, 0.5) is 0 Å². The Balaban J connectivity index is 2.03. The second-order valence-corrected chi connectivity index (χ2v) is 5.34. The first kappa shape index (κ1) is 14.0. The van der Waals surface area contributed by atoms with E-state index in [1.807, 2.05) is 28.9 Å². The van der Waals surface area contributed by atoms with Gasteiger partial charge in [-0.25, -0.2) is 9.97 Å². The molecule has 0 bridgehead atoms. The van der Waals surface area contributed by atoms with Gasteiger partial charge in [0.25, 0.3) is 0 Å². The van der Waals surface area contributed by atoms with Gasteiger partial charge in [0, 0.05) is 30.2 Å². The molecule has 0 amide bonds. The summed E-state index contributed by atoms with van der Waals surface area (Å²) in [6.45, 7) is 5.20. The van der Waals surface area contributed by atoms with Crippen LogP contribution in [0, 0.1) is 0 Å². The van der Waals surface area contributed by atoms with Crippen LogP contribution in [0.5, 0.6) is 0 Å². The first-order chi connectivity index (χ1) is 10.2. The molecule has 1 aromatic carbocycles. The van der Waals surface area contributed by atoms with E-state index in [9.17, 15) is 0 Å². The maximum Gasteiger partial charge on any atom is 0.174 e. The lowest BCUT2D eigenvalue weighted by Gasteiger charge is -2.14. The van der Waals surface area contributed by atoms with E-state index in [2.05, 4.69) is 41.3 Å². The van der Waals surface area contributed by atoms with E-state index in [0.29, 0.717) is 16.8 Å². The number of nitrogens with zero attached hydrogens (tertiary/aromatic N) is 3. The maximum absolute atomic E-state index is 6.20. The molecule has 4 nitrogen and oxygen atoms in total. The highest BCUT2D eigenvalue weighted by molar-refractivity contribution is 6.32. The standard InChI is InChI=1S/C16H17ClN4/c1-3-18-11(2)12-5-4-6-13(9-12)14-10-21-8-7-19-16(21)15(17)20-14/h4-11,18H,3H2,1-2H3.